The van der Waals surface area contributed by atoms with Crippen LogP contribution in [0, 0.1) is 5.92 Å². The van der Waals surface area contributed by atoms with Crippen molar-refractivity contribution in [2.45, 2.75) is 57.7 Å². The van der Waals surface area contributed by atoms with Crippen LogP contribution in [0.5, 0.6) is 0 Å². The van der Waals surface area contributed by atoms with E-state index >= 15 is 0 Å². The molecule has 0 spiro atoms. The summed E-state index contributed by atoms with van der Waals surface area (Å²) in [5, 5.41) is 3.04. The van der Waals surface area contributed by atoms with Crippen molar-refractivity contribution in [2.24, 2.45) is 11.7 Å². The first-order chi connectivity index (χ1) is 10.7. The summed E-state index contributed by atoms with van der Waals surface area (Å²) in [5.74, 6) is 0.178. The van der Waals surface area contributed by atoms with Crippen molar-refractivity contribution in [3.63, 3.8) is 0 Å². The Bertz CT molecular complexity index is 445. The Morgan fingerprint density at radius 2 is 2.21 bits per heavy atom. The minimum atomic E-state index is 0. The lowest BCUT2D eigenvalue weighted by Crippen LogP contribution is -2.46. The topological polar surface area (TPSA) is 82.2 Å². The number of ether oxygens (including phenoxy) is 1. The summed E-state index contributed by atoms with van der Waals surface area (Å²) >= 11 is 0. The van der Waals surface area contributed by atoms with E-state index in [-0.39, 0.29) is 48.8 Å². The third kappa shape index (κ3) is 7.38. The summed E-state index contributed by atoms with van der Waals surface area (Å²) in [6, 6.07) is 0.0665. The molecule has 1 aliphatic carbocycles. The van der Waals surface area contributed by atoms with Gasteiger partial charge in [0.1, 0.15) is 0 Å². The lowest BCUT2D eigenvalue weighted by molar-refractivity contribution is -0.128. The number of nitrogens with two attached hydrogens (primary N) is 1. The number of hydrogen-bond donors (Lipinski definition) is 2. The van der Waals surface area contributed by atoms with Crippen molar-refractivity contribution < 1.29 is 9.53 Å². The summed E-state index contributed by atoms with van der Waals surface area (Å²) in [6.07, 6.45) is 9.87. The Hall–Kier alpha value is -0.820. The number of carbonyl (C=O) groups is 1. The molecule has 1 heterocycles. The molecule has 0 aliphatic heterocycles. The number of aromatic nitrogens is 2. The molecule has 1 amide bonds. The van der Waals surface area contributed by atoms with Crippen LogP contribution < -0.4 is 11.1 Å². The third-order valence-electron chi connectivity index (χ3n) is 4.20. The van der Waals surface area contributed by atoms with E-state index in [1.54, 1.807) is 12.5 Å². The summed E-state index contributed by atoms with van der Waals surface area (Å²) < 4.78 is 7.80. The zero-order valence-corrected chi connectivity index (χ0v) is 15.9. The molecule has 1 aromatic heterocycles. The van der Waals surface area contributed by atoms with Gasteiger partial charge >= 0.3 is 0 Å². The number of carbonyl (C=O) groups excluding carboxylic acids is 1. The maximum atomic E-state index is 12.3. The second kappa shape index (κ2) is 12.5. The van der Waals surface area contributed by atoms with Crippen molar-refractivity contribution >= 4 is 30.7 Å². The van der Waals surface area contributed by atoms with Gasteiger partial charge in [0, 0.05) is 44.0 Å². The molecular weight excluding hydrogens is 351 g/mol. The molecule has 1 aliphatic rings. The molecule has 2 rings (SSSR count). The Kier molecular flexibility index (Phi) is 12.1. The summed E-state index contributed by atoms with van der Waals surface area (Å²) in [7, 11) is 0. The number of nitrogens with zero attached hydrogens (tertiary/aromatic N) is 2. The maximum absolute atomic E-state index is 12.3. The number of halogens is 2. The average molecular weight is 381 g/mol. The molecule has 1 fully saturated rings. The molecule has 0 radical (unpaired) electrons. The van der Waals surface area contributed by atoms with Gasteiger partial charge in [0.15, 0.2) is 0 Å². The monoisotopic (exact) mass is 380 g/mol. The van der Waals surface area contributed by atoms with Crippen LogP contribution >= 0.6 is 24.8 Å². The lowest BCUT2D eigenvalue weighted by atomic mass is 9.83. The number of nitrogens with one attached hydrogen (secondary N) is 1. The number of hydrogen-bond acceptors (Lipinski definition) is 4. The molecule has 0 unspecified atom stereocenters. The zero-order valence-electron chi connectivity index (χ0n) is 14.2. The Morgan fingerprint density at radius 1 is 1.42 bits per heavy atom. The van der Waals surface area contributed by atoms with Crippen LogP contribution in [0.1, 0.15) is 39.0 Å². The molecule has 3 atom stereocenters. The Balaban J connectivity index is 0.00000264. The highest BCUT2D eigenvalue weighted by Gasteiger charge is 2.32. The van der Waals surface area contributed by atoms with Crippen molar-refractivity contribution in [2.75, 3.05) is 13.2 Å². The van der Waals surface area contributed by atoms with E-state index in [1.165, 1.54) is 0 Å². The number of rotatable bonds is 8. The summed E-state index contributed by atoms with van der Waals surface area (Å²) in [5.41, 5.74) is 6.09. The van der Waals surface area contributed by atoms with Crippen LogP contribution in [0.3, 0.4) is 0 Å². The van der Waals surface area contributed by atoms with E-state index < -0.39 is 0 Å². The summed E-state index contributed by atoms with van der Waals surface area (Å²) in [4.78, 5) is 16.3. The van der Waals surface area contributed by atoms with Crippen LogP contribution in [-0.2, 0) is 16.1 Å². The standard InChI is InChI=1S/C16H28N4O2.2ClH/c1-2-10-22-15-11-13(4-5-14(15)17)16(21)19-6-3-8-20-9-7-18-12-20;;/h7,9,12-15H,2-6,8,10-11,17H2,1H3,(H,19,21);2*1H/t13-,14-,15-;;/m0../s1. The molecule has 140 valence electrons. The molecular formula is C16H30Cl2N4O2. The quantitative estimate of drug-likeness (QED) is 0.676. The number of amides is 1. The number of aryl methyl sites for hydroxylation is 1. The van der Waals surface area contributed by atoms with Gasteiger partial charge in [-0.15, -0.1) is 24.8 Å². The van der Waals surface area contributed by atoms with Crippen LogP contribution in [0.15, 0.2) is 18.7 Å². The predicted octanol–water partition coefficient (Wildman–Crippen LogP) is 2.16. The van der Waals surface area contributed by atoms with E-state index in [0.29, 0.717) is 6.54 Å². The Morgan fingerprint density at radius 3 is 2.88 bits per heavy atom. The van der Waals surface area contributed by atoms with Gasteiger partial charge in [0.05, 0.1) is 12.4 Å². The van der Waals surface area contributed by atoms with Gasteiger partial charge in [-0.3, -0.25) is 4.79 Å². The average Bonchev–Trinajstić information content (AvgIpc) is 3.04. The van der Waals surface area contributed by atoms with E-state index in [0.717, 1.165) is 45.3 Å². The fraction of sp³-hybridized carbons (Fsp3) is 0.750. The molecule has 0 saturated heterocycles. The SMILES string of the molecule is CCCO[C@H]1C[C@@H](C(=O)NCCCn2ccnc2)CC[C@@H]1N.Cl.Cl. The molecule has 3 N–H and O–H groups in total. The van der Waals surface area contributed by atoms with Crippen LogP contribution in [0.25, 0.3) is 0 Å². The fourth-order valence-electron chi connectivity index (χ4n) is 2.89. The second-order valence-electron chi connectivity index (χ2n) is 6.03. The molecule has 6 nitrogen and oxygen atoms in total. The van der Waals surface area contributed by atoms with Gasteiger partial charge in [0.25, 0.3) is 0 Å². The lowest BCUT2D eigenvalue weighted by Gasteiger charge is -2.33. The van der Waals surface area contributed by atoms with Crippen molar-refractivity contribution in [1.82, 2.24) is 14.9 Å². The highest BCUT2D eigenvalue weighted by Crippen LogP contribution is 2.26. The second-order valence-corrected chi connectivity index (χ2v) is 6.03. The molecule has 1 saturated carbocycles. The highest BCUT2D eigenvalue weighted by atomic mass is 35.5. The third-order valence-corrected chi connectivity index (χ3v) is 4.20. The predicted molar refractivity (Wildman–Crippen MR) is 99.7 cm³/mol. The largest absolute Gasteiger partial charge is 0.377 e. The van der Waals surface area contributed by atoms with Crippen LogP contribution in [0.4, 0.5) is 0 Å². The highest BCUT2D eigenvalue weighted by molar-refractivity contribution is 5.85. The van der Waals surface area contributed by atoms with E-state index in [4.69, 9.17) is 10.5 Å². The molecule has 0 bridgehead atoms. The van der Waals surface area contributed by atoms with E-state index in [2.05, 4.69) is 17.2 Å². The minimum absolute atomic E-state index is 0. The van der Waals surface area contributed by atoms with Crippen LogP contribution in [0.2, 0.25) is 0 Å². The van der Waals surface area contributed by atoms with Gasteiger partial charge in [-0.1, -0.05) is 6.92 Å². The number of imidazole rings is 1. The molecule has 0 aromatic carbocycles. The van der Waals surface area contributed by atoms with E-state index in [9.17, 15) is 4.79 Å². The van der Waals surface area contributed by atoms with Gasteiger partial charge in [-0.25, -0.2) is 4.98 Å². The van der Waals surface area contributed by atoms with Crippen LogP contribution in [-0.4, -0.2) is 40.8 Å². The van der Waals surface area contributed by atoms with Crippen molar-refractivity contribution in [3.8, 4) is 0 Å². The normalized spacial score (nSPS) is 23.0. The van der Waals surface area contributed by atoms with Gasteiger partial charge in [-0.2, -0.15) is 0 Å². The molecule has 1 aromatic rings. The van der Waals surface area contributed by atoms with E-state index in [1.807, 2.05) is 10.8 Å². The first-order valence-corrected chi connectivity index (χ1v) is 8.31. The van der Waals surface area contributed by atoms with Crippen molar-refractivity contribution in [3.05, 3.63) is 18.7 Å². The summed E-state index contributed by atoms with van der Waals surface area (Å²) in [6.45, 7) is 4.37. The smallest absolute Gasteiger partial charge is 0.223 e. The van der Waals surface area contributed by atoms with Gasteiger partial charge in [0.2, 0.25) is 5.91 Å². The van der Waals surface area contributed by atoms with Gasteiger partial charge < -0.3 is 20.4 Å². The molecule has 24 heavy (non-hydrogen) atoms. The zero-order chi connectivity index (χ0) is 15.8. The first kappa shape index (κ1) is 23.2. The maximum Gasteiger partial charge on any atom is 0.223 e. The van der Waals surface area contributed by atoms with Crippen molar-refractivity contribution in [1.29, 1.82) is 0 Å². The molecule has 8 heteroatoms. The van der Waals surface area contributed by atoms with Gasteiger partial charge in [-0.05, 0) is 32.1 Å². The Labute approximate surface area is 156 Å². The first-order valence-electron chi connectivity index (χ1n) is 8.31. The minimum Gasteiger partial charge on any atom is -0.377 e. The fourth-order valence-corrected chi connectivity index (χ4v) is 2.89.